The SMILES string of the molecule is CC(C)(C)OC(=O)N1CCC2(CCC(N)CC2)C(C)(C)C1. The van der Waals surface area contributed by atoms with Crippen LogP contribution in [0.3, 0.4) is 0 Å². The van der Waals surface area contributed by atoms with E-state index in [2.05, 4.69) is 13.8 Å². The molecule has 2 fully saturated rings. The highest BCUT2D eigenvalue weighted by atomic mass is 16.6. The Morgan fingerprint density at radius 1 is 1.19 bits per heavy atom. The van der Waals surface area contributed by atoms with Crippen LogP contribution in [0.5, 0.6) is 0 Å². The second-order valence-electron chi connectivity index (χ2n) is 8.65. The number of nitrogens with zero attached hydrogens (tertiary/aromatic N) is 1. The molecule has 0 radical (unpaired) electrons. The number of amides is 1. The number of ether oxygens (including phenoxy) is 1. The van der Waals surface area contributed by atoms with Crippen molar-refractivity contribution in [1.82, 2.24) is 4.90 Å². The summed E-state index contributed by atoms with van der Waals surface area (Å²) in [6, 6.07) is 0.371. The van der Waals surface area contributed by atoms with Crippen LogP contribution >= 0.6 is 0 Å². The van der Waals surface area contributed by atoms with E-state index in [9.17, 15) is 4.79 Å². The van der Waals surface area contributed by atoms with Crippen molar-refractivity contribution in [3.05, 3.63) is 0 Å². The van der Waals surface area contributed by atoms with Gasteiger partial charge in [0.2, 0.25) is 0 Å². The van der Waals surface area contributed by atoms with Crippen molar-refractivity contribution in [2.45, 2.75) is 78.4 Å². The van der Waals surface area contributed by atoms with E-state index in [4.69, 9.17) is 10.5 Å². The molecule has 2 rings (SSSR count). The summed E-state index contributed by atoms with van der Waals surface area (Å²) >= 11 is 0. The lowest BCUT2D eigenvalue weighted by Gasteiger charge is -2.56. The molecule has 1 spiro atoms. The predicted molar refractivity (Wildman–Crippen MR) is 85.1 cm³/mol. The number of nitrogens with two attached hydrogens (primary N) is 1. The van der Waals surface area contributed by atoms with Crippen LogP contribution in [0.25, 0.3) is 0 Å². The number of likely N-dealkylation sites (tertiary alicyclic amines) is 1. The van der Waals surface area contributed by atoms with Gasteiger partial charge in [-0.15, -0.1) is 0 Å². The van der Waals surface area contributed by atoms with E-state index in [1.807, 2.05) is 25.7 Å². The first-order valence-corrected chi connectivity index (χ1v) is 8.28. The summed E-state index contributed by atoms with van der Waals surface area (Å²) in [4.78, 5) is 14.2. The number of carbonyl (C=O) groups is 1. The van der Waals surface area contributed by atoms with E-state index in [-0.39, 0.29) is 11.5 Å². The molecule has 1 saturated heterocycles. The quantitative estimate of drug-likeness (QED) is 0.744. The summed E-state index contributed by atoms with van der Waals surface area (Å²) < 4.78 is 5.53. The van der Waals surface area contributed by atoms with Gasteiger partial charge in [0.1, 0.15) is 5.60 Å². The highest BCUT2D eigenvalue weighted by molar-refractivity contribution is 5.68. The van der Waals surface area contributed by atoms with Crippen molar-refractivity contribution in [2.24, 2.45) is 16.6 Å². The zero-order valence-electron chi connectivity index (χ0n) is 14.4. The summed E-state index contributed by atoms with van der Waals surface area (Å²) in [5, 5.41) is 0. The molecule has 4 heteroatoms. The predicted octanol–water partition coefficient (Wildman–Crippen LogP) is 3.54. The normalized spacial score (nSPS) is 33.0. The summed E-state index contributed by atoms with van der Waals surface area (Å²) in [6.45, 7) is 12.0. The average molecular weight is 296 g/mol. The molecule has 1 aliphatic carbocycles. The van der Waals surface area contributed by atoms with Crippen molar-refractivity contribution < 1.29 is 9.53 Å². The number of rotatable bonds is 0. The molecule has 1 heterocycles. The Balaban J connectivity index is 2.04. The van der Waals surface area contributed by atoms with Gasteiger partial charge >= 0.3 is 6.09 Å². The van der Waals surface area contributed by atoms with E-state index in [0.29, 0.717) is 11.5 Å². The molecule has 1 amide bonds. The third-order valence-electron chi connectivity index (χ3n) is 5.52. The van der Waals surface area contributed by atoms with E-state index in [1.54, 1.807) is 0 Å². The second kappa shape index (κ2) is 5.45. The van der Waals surface area contributed by atoms with Gasteiger partial charge < -0.3 is 15.4 Å². The van der Waals surface area contributed by atoms with Gasteiger partial charge in [-0.05, 0) is 63.7 Å². The molecular formula is C17H32N2O2. The van der Waals surface area contributed by atoms with Crippen LogP contribution in [-0.4, -0.2) is 35.7 Å². The molecule has 0 bridgehead atoms. The van der Waals surface area contributed by atoms with Crippen molar-refractivity contribution in [3.8, 4) is 0 Å². The molecule has 0 unspecified atom stereocenters. The molecule has 0 aromatic rings. The van der Waals surface area contributed by atoms with Crippen LogP contribution in [0.4, 0.5) is 4.79 Å². The molecular weight excluding hydrogens is 264 g/mol. The maximum Gasteiger partial charge on any atom is 0.410 e. The van der Waals surface area contributed by atoms with Crippen LogP contribution < -0.4 is 5.73 Å². The van der Waals surface area contributed by atoms with Crippen LogP contribution in [-0.2, 0) is 4.74 Å². The van der Waals surface area contributed by atoms with E-state index >= 15 is 0 Å². The summed E-state index contributed by atoms with van der Waals surface area (Å²) in [7, 11) is 0. The first kappa shape index (κ1) is 16.6. The van der Waals surface area contributed by atoms with E-state index < -0.39 is 5.60 Å². The molecule has 2 aliphatic rings. The molecule has 2 N–H and O–H groups in total. The molecule has 1 aliphatic heterocycles. The largest absolute Gasteiger partial charge is 0.444 e. The zero-order valence-corrected chi connectivity index (χ0v) is 14.4. The standard InChI is InChI=1S/C17H32N2O2/c1-15(2,3)21-14(20)19-11-10-17(16(4,5)12-19)8-6-13(18)7-9-17/h13H,6-12,18H2,1-5H3. The second-order valence-corrected chi connectivity index (χ2v) is 8.65. The maximum atomic E-state index is 12.3. The third-order valence-corrected chi connectivity index (χ3v) is 5.52. The third kappa shape index (κ3) is 3.53. The van der Waals surface area contributed by atoms with E-state index in [1.165, 1.54) is 12.8 Å². The van der Waals surface area contributed by atoms with Gasteiger partial charge in [0.15, 0.2) is 0 Å². The summed E-state index contributed by atoms with van der Waals surface area (Å²) in [5.74, 6) is 0. The molecule has 122 valence electrons. The van der Waals surface area contributed by atoms with Crippen LogP contribution in [0.15, 0.2) is 0 Å². The van der Waals surface area contributed by atoms with Crippen molar-refractivity contribution in [1.29, 1.82) is 0 Å². The lowest BCUT2D eigenvalue weighted by Crippen LogP contribution is -2.56. The van der Waals surface area contributed by atoms with Gasteiger partial charge in [-0.2, -0.15) is 0 Å². The fourth-order valence-electron chi connectivity index (χ4n) is 4.01. The Hall–Kier alpha value is -0.770. The van der Waals surface area contributed by atoms with Gasteiger partial charge in [-0.1, -0.05) is 13.8 Å². The van der Waals surface area contributed by atoms with Crippen LogP contribution in [0, 0.1) is 10.8 Å². The number of hydrogen-bond acceptors (Lipinski definition) is 3. The Kier molecular flexibility index (Phi) is 4.31. The number of piperidine rings is 1. The molecule has 0 aromatic heterocycles. The topological polar surface area (TPSA) is 55.6 Å². The van der Waals surface area contributed by atoms with Gasteiger partial charge in [-0.3, -0.25) is 0 Å². The van der Waals surface area contributed by atoms with Gasteiger partial charge in [-0.25, -0.2) is 4.79 Å². The Morgan fingerprint density at radius 2 is 1.76 bits per heavy atom. The number of hydrogen-bond donors (Lipinski definition) is 1. The monoisotopic (exact) mass is 296 g/mol. The summed E-state index contributed by atoms with van der Waals surface area (Å²) in [6.07, 6.45) is 5.54. The fraction of sp³-hybridized carbons (Fsp3) is 0.941. The number of carbonyl (C=O) groups excluding carboxylic acids is 1. The van der Waals surface area contributed by atoms with E-state index in [0.717, 1.165) is 32.4 Å². The Labute approximate surface area is 129 Å². The van der Waals surface area contributed by atoms with Crippen molar-refractivity contribution in [3.63, 3.8) is 0 Å². The molecule has 0 atom stereocenters. The first-order valence-electron chi connectivity index (χ1n) is 8.28. The van der Waals surface area contributed by atoms with Crippen LogP contribution in [0.1, 0.15) is 66.7 Å². The molecule has 1 saturated carbocycles. The first-order chi connectivity index (χ1) is 9.55. The molecule has 0 aromatic carbocycles. The fourth-order valence-corrected chi connectivity index (χ4v) is 4.01. The van der Waals surface area contributed by atoms with Crippen molar-refractivity contribution >= 4 is 6.09 Å². The van der Waals surface area contributed by atoms with Crippen molar-refractivity contribution in [2.75, 3.05) is 13.1 Å². The highest BCUT2D eigenvalue weighted by Crippen LogP contribution is 2.54. The van der Waals surface area contributed by atoms with Crippen LogP contribution in [0.2, 0.25) is 0 Å². The zero-order chi connectivity index (χ0) is 15.9. The lowest BCUT2D eigenvalue weighted by molar-refractivity contribution is -0.0641. The average Bonchev–Trinajstić information content (AvgIpc) is 2.33. The minimum Gasteiger partial charge on any atom is -0.444 e. The Morgan fingerprint density at radius 3 is 2.24 bits per heavy atom. The smallest absolute Gasteiger partial charge is 0.410 e. The minimum atomic E-state index is -0.423. The lowest BCUT2D eigenvalue weighted by atomic mass is 9.55. The molecule has 4 nitrogen and oxygen atoms in total. The van der Waals surface area contributed by atoms with Gasteiger partial charge in [0.05, 0.1) is 0 Å². The van der Waals surface area contributed by atoms with Gasteiger partial charge in [0.25, 0.3) is 0 Å². The minimum absolute atomic E-state index is 0.127. The molecule has 21 heavy (non-hydrogen) atoms. The summed E-state index contributed by atoms with van der Waals surface area (Å²) in [5.41, 5.74) is 6.13. The van der Waals surface area contributed by atoms with Gasteiger partial charge in [0, 0.05) is 19.1 Å². The maximum absolute atomic E-state index is 12.3. The Bertz CT molecular complexity index is 390. The highest BCUT2D eigenvalue weighted by Gasteiger charge is 2.50.